The predicted molar refractivity (Wildman–Crippen MR) is 110 cm³/mol. The van der Waals surface area contributed by atoms with Gasteiger partial charge in [-0.1, -0.05) is 85.0 Å². The molecule has 0 bridgehead atoms. The minimum atomic E-state index is -0.257. The molecule has 0 aliphatic heterocycles. The molecule has 0 saturated heterocycles. The predicted octanol–water partition coefficient (Wildman–Crippen LogP) is 6.92. The molecule has 0 saturated carbocycles. The maximum atomic E-state index is 3.95. The van der Waals surface area contributed by atoms with Crippen LogP contribution in [0.2, 0.25) is 0 Å². The Labute approximate surface area is 151 Å². The highest BCUT2D eigenvalue weighted by molar-refractivity contribution is 5.87. The minimum absolute atomic E-state index is 0.257. The maximum absolute atomic E-state index is 3.95. The SMILES string of the molecule is C=CC=C(C)C1(C(C=CC)=CC)c2ccccc2-c2cccc(C)c21. The summed E-state index contributed by atoms with van der Waals surface area (Å²) in [7, 11) is 0. The van der Waals surface area contributed by atoms with Crippen molar-refractivity contribution in [2.45, 2.75) is 33.1 Å². The van der Waals surface area contributed by atoms with Crippen molar-refractivity contribution in [3.8, 4) is 11.1 Å². The number of allylic oxidation sites excluding steroid dienone is 7. The zero-order valence-electron chi connectivity index (χ0n) is 15.6. The van der Waals surface area contributed by atoms with Gasteiger partial charge in [0.25, 0.3) is 0 Å². The van der Waals surface area contributed by atoms with E-state index < -0.39 is 0 Å². The van der Waals surface area contributed by atoms with Gasteiger partial charge in [0.1, 0.15) is 0 Å². The molecule has 0 radical (unpaired) electrons. The average molecular weight is 326 g/mol. The lowest BCUT2D eigenvalue weighted by Crippen LogP contribution is -2.29. The van der Waals surface area contributed by atoms with Crippen LogP contribution in [0.25, 0.3) is 11.1 Å². The zero-order chi connectivity index (χ0) is 18.0. The fourth-order valence-electron chi connectivity index (χ4n) is 4.43. The Hall–Kier alpha value is -2.60. The number of aryl methyl sites for hydroxylation is 1. The van der Waals surface area contributed by atoms with E-state index in [1.165, 1.54) is 39.0 Å². The molecule has 0 heteroatoms. The molecule has 0 spiro atoms. The van der Waals surface area contributed by atoms with Crippen molar-refractivity contribution < 1.29 is 0 Å². The molecule has 1 atom stereocenters. The minimum Gasteiger partial charge on any atom is -0.0991 e. The van der Waals surface area contributed by atoms with Crippen LogP contribution in [0.5, 0.6) is 0 Å². The van der Waals surface area contributed by atoms with Gasteiger partial charge in [-0.25, -0.2) is 0 Å². The largest absolute Gasteiger partial charge is 0.0991 e. The molecule has 126 valence electrons. The van der Waals surface area contributed by atoms with Gasteiger partial charge in [0, 0.05) is 0 Å². The molecule has 3 rings (SSSR count). The third-order valence-corrected chi connectivity index (χ3v) is 5.32. The van der Waals surface area contributed by atoms with Gasteiger partial charge in [-0.15, -0.1) is 0 Å². The van der Waals surface area contributed by atoms with Crippen LogP contribution < -0.4 is 0 Å². The number of fused-ring (bicyclic) bond motifs is 3. The third kappa shape index (κ3) is 2.36. The molecule has 0 aromatic heterocycles. The Balaban J connectivity index is 2.55. The Morgan fingerprint density at radius 2 is 1.72 bits per heavy atom. The van der Waals surface area contributed by atoms with E-state index >= 15 is 0 Å². The van der Waals surface area contributed by atoms with Crippen LogP contribution in [0.15, 0.2) is 90.6 Å². The Morgan fingerprint density at radius 1 is 1.00 bits per heavy atom. The molecular formula is C25H26. The quantitative estimate of drug-likeness (QED) is 0.535. The molecule has 0 amide bonds. The Kier molecular flexibility index (Phi) is 4.63. The van der Waals surface area contributed by atoms with Crippen LogP contribution in [0.4, 0.5) is 0 Å². The molecule has 2 aromatic carbocycles. The highest BCUT2D eigenvalue weighted by atomic mass is 14.5. The molecular weight excluding hydrogens is 300 g/mol. The highest BCUT2D eigenvalue weighted by Gasteiger charge is 2.46. The van der Waals surface area contributed by atoms with Gasteiger partial charge in [0.15, 0.2) is 0 Å². The van der Waals surface area contributed by atoms with Crippen LogP contribution in [0, 0.1) is 6.92 Å². The second-order valence-electron chi connectivity index (χ2n) is 6.62. The molecule has 2 aromatic rings. The number of hydrogen-bond donors (Lipinski definition) is 0. The second-order valence-corrected chi connectivity index (χ2v) is 6.62. The van der Waals surface area contributed by atoms with Gasteiger partial charge in [-0.2, -0.15) is 0 Å². The van der Waals surface area contributed by atoms with E-state index in [2.05, 4.69) is 101 Å². The van der Waals surface area contributed by atoms with Crippen molar-refractivity contribution in [1.29, 1.82) is 0 Å². The summed E-state index contributed by atoms with van der Waals surface area (Å²) in [5.74, 6) is 0. The monoisotopic (exact) mass is 326 g/mol. The van der Waals surface area contributed by atoms with Gasteiger partial charge in [0.05, 0.1) is 5.41 Å². The number of rotatable bonds is 4. The van der Waals surface area contributed by atoms with E-state index in [1.807, 2.05) is 6.08 Å². The first-order valence-electron chi connectivity index (χ1n) is 8.92. The number of hydrogen-bond acceptors (Lipinski definition) is 0. The summed E-state index contributed by atoms with van der Waals surface area (Å²) >= 11 is 0. The molecule has 25 heavy (non-hydrogen) atoms. The van der Waals surface area contributed by atoms with E-state index in [1.54, 1.807) is 0 Å². The van der Waals surface area contributed by atoms with Crippen molar-refractivity contribution in [2.24, 2.45) is 0 Å². The molecule has 1 aliphatic carbocycles. The first-order valence-corrected chi connectivity index (χ1v) is 8.92. The van der Waals surface area contributed by atoms with E-state index in [0.717, 1.165) is 0 Å². The lowest BCUT2D eigenvalue weighted by molar-refractivity contribution is 0.737. The van der Waals surface area contributed by atoms with Gasteiger partial charge >= 0.3 is 0 Å². The van der Waals surface area contributed by atoms with Gasteiger partial charge in [-0.3, -0.25) is 0 Å². The first kappa shape index (κ1) is 17.2. The van der Waals surface area contributed by atoms with Crippen LogP contribution in [0.1, 0.15) is 37.5 Å². The maximum Gasteiger partial charge on any atom is 0.0673 e. The smallest absolute Gasteiger partial charge is 0.0673 e. The van der Waals surface area contributed by atoms with Crippen molar-refractivity contribution in [3.63, 3.8) is 0 Å². The lowest BCUT2D eigenvalue weighted by atomic mass is 9.66. The molecule has 1 unspecified atom stereocenters. The van der Waals surface area contributed by atoms with Crippen LogP contribution in [0.3, 0.4) is 0 Å². The highest BCUT2D eigenvalue weighted by Crippen LogP contribution is 2.57. The first-order chi connectivity index (χ1) is 12.1. The molecule has 0 N–H and O–H groups in total. The van der Waals surface area contributed by atoms with Crippen molar-refractivity contribution in [1.82, 2.24) is 0 Å². The summed E-state index contributed by atoms with van der Waals surface area (Å²) in [4.78, 5) is 0. The summed E-state index contributed by atoms with van der Waals surface area (Å²) in [6.07, 6.45) is 10.7. The second kappa shape index (κ2) is 6.72. The van der Waals surface area contributed by atoms with Crippen molar-refractivity contribution in [2.75, 3.05) is 0 Å². The van der Waals surface area contributed by atoms with Gasteiger partial charge in [0.2, 0.25) is 0 Å². The van der Waals surface area contributed by atoms with Crippen LogP contribution in [-0.2, 0) is 5.41 Å². The summed E-state index contributed by atoms with van der Waals surface area (Å²) in [5, 5.41) is 0. The van der Waals surface area contributed by atoms with Crippen LogP contribution >= 0.6 is 0 Å². The molecule has 0 fully saturated rings. The summed E-state index contributed by atoms with van der Waals surface area (Å²) in [6.45, 7) is 12.6. The normalized spacial score (nSPS) is 19.8. The van der Waals surface area contributed by atoms with E-state index in [-0.39, 0.29) is 5.41 Å². The molecule has 0 heterocycles. The Morgan fingerprint density at radius 3 is 2.40 bits per heavy atom. The fourth-order valence-corrected chi connectivity index (χ4v) is 4.43. The molecule has 1 aliphatic rings. The van der Waals surface area contributed by atoms with E-state index in [9.17, 15) is 0 Å². The standard InChI is InChI=1S/C25H26/c1-6-12-19(5)25(20(8-3)13-7-2)23-17-10-9-15-21(23)22-16-11-14-18(4)24(22)25/h6-17H,1H2,2-5H3. The van der Waals surface area contributed by atoms with Crippen LogP contribution in [-0.4, -0.2) is 0 Å². The van der Waals surface area contributed by atoms with Gasteiger partial charge in [-0.05, 0) is 61.1 Å². The zero-order valence-corrected chi connectivity index (χ0v) is 15.6. The Bertz CT molecular complexity index is 905. The lowest BCUT2D eigenvalue weighted by Gasteiger charge is -2.36. The summed E-state index contributed by atoms with van der Waals surface area (Å²) < 4.78 is 0. The average Bonchev–Trinajstić information content (AvgIpc) is 2.93. The van der Waals surface area contributed by atoms with E-state index in [4.69, 9.17) is 0 Å². The van der Waals surface area contributed by atoms with Crippen molar-refractivity contribution in [3.05, 3.63) is 107 Å². The fraction of sp³-hybridized carbons (Fsp3) is 0.200. The van der Waals surface area contributed by atoms with Gasteiger partial charge < -0.3 is 0 Å². The number of benzene rings is 2. The summed E-state index contributed by atoms with van der Waals surface area (Å²) in [6, 6.07) is 15.5. The summed E-state index contributed by atoms with van der Waals surface area (Å²) in [5.41, 5.74) is 9.12. The van der Waals surface area contributed by atoms with Crippen molar-refractivity contribution >= 4 is 0 Å². The topological polar surface area (TPSA) is 0 Å². The molecule has 0 nitrogen and oxygen atoms in total. The third-order valence-electron chi connectivity index (χ3n) is 5.32. The van der Waals surface area contributed by atoms with E-state index in [0.29, 0.717) is 0 Å².